The number of benzene rings is 3. The number of nitrogens with one attached hydrogen (secondary N) is 2. The van der Waals surface area contributed by atoms with Crippen molar-refractivity contribution in [3.05, 3.63) is 94.5 Å². The van der Waals surface area contributed by atoms with Crippen molar-refractivity contribution in [2.24, 2.45) is 11.7 Å². The van der Waals surface area contributed by atoms with Gasteiger partial charge in [-0.05, 0) is 81.5 Å². The van der Waals surface area contributed by atoms with Crippen molar-refractivity contribution in [1.29, 1.82) is 5.41 Å². The van der Waals surface area contributed by atoms with E-state index in [1.54, 1.807) is 0 Å². The number of rotatable bonds is 10. The van der Waals surface area contributed by atoms with Crippen LogP contribution in [0.1, 0.15) is 42.6 Å². The number of nitrogens with two attached hydrogens (primary N) is 1. The summed E-state index contributed by atoms with van der Waals surface area (Å²) in [5, 5.41) is 10.3. The number of carbonyl (C=O) groups excluding carboxylic acids is 1. The van der Waals surface area contributed by atoms with Crippen LogP contribution in [0.15, 0.2) is 83.4 Å². The molecule has 4 aromatic rings. The standard InChI is InChI=1S/C35H42BrN7O/c1-4-9-26(11-8-17-39-35(37)38)23-43-32-16-15-27(21-31(32)40-33(43)29-13-5-6-14-30(29)36)34(44)41-18-19-42(25(3)22-41)28-12-7-10-24(2)20-28/h4-7,9-10,12-16,20-21,25-26H,8,11,17-19,22-23H2,1-3H3,(H4,37,38,39)/b9-4-. The molecule has 0 bridgehead atoms. The van der Waals surface area contributed by atoms with Crippen LogP contribution in [-0.2, 0) is 6.54 Å². The number of carbonyl (C=O) groups is 1. The zero-order chi connectivity index (χ0) is 31.2. The smallest absolute Gasteiger partial charge is 0.254 e. The minimum absolute atomic E-state index is 0.00244. The van der Waals surface area contributed by atoms with Crippen LogP contribution in [0, 0.1) is 18.3 Å². The zero-order valence-corrected chi connectivity index (χ0v) is 27.3. The number of nitrogens with zero attached hydrogens (tertiary/aromatic N) is 4. The van der Waals surface area contributed by atoms with Crippen LogP contribution in [0.25, 0.3) is 22.4 Å². The van der Waals surface area contributed by atoms with E-state index >= 15 is 0 Å². The van der Waals surface area contributed by atoms with Gasteiger partial charge in [-0.3, -0.25) is 10.2 Å². The van der Waals surface area contributed by atoms with Gasteiger partial charge in [0.05, 0.1) is 11.0 Å². The maximum atomic E-state index is 13.8. The summed E-state index contributed by atoms with van der Waals surface area (Å²) in [6, 6.07) is 22.9. The van der Waals surface area contributed by atoms with Gasteiger partial charge in [0.1, 0.15) is 5.82 Å². The van der Waals surface area contributed by atoms with Crippen molar-refractivity contribution in [3.8, 4) is 11.4 Å². The number of allylic oxidation sites excluding steroid dienone is 2. The third-order valence-electron chi connectivity index (χ3n) is 8.31. The summed E-state index contributed by atoms with van der Waals surface area (Å²) < 4.78 is 3.25. The Hall–Kier alpha value is -4.11. The lowest BCUT2D eigenvalue weighted by molar-refractivity contribution is 0.0726. The summed E-state index contributed by atoms with van der Waals surface area (Å²) in [4.78, 5) is 23.3. The van der Waals surface area contributed by atoms with E-state index < -0.39 is 0 Å². The van der Waals surface area contributed by atoms with Gasteiger partial charge < -0.3 is 25.4 Å². The minimum Gasteiger partial charge on any atom is -0.370 e. The van der Waals surface area contributed by atoms with Gasteiger partial charge in [-0.2, -0.15) is 0 Å². The van der Waals surface area contributed by atoms with Crippen LogP contribution in [0.3, 0.4) is 0 Å². The largest absolute Gasteiger partial charge is 0.370 e. The second kappa shape index (κ2) is 14.1. The van der Waals surface area contributed by atoms with Crippen LogP contribution in [0.4, 0.5) is 5.69 Å². The number of piperazine rings is 1. The van der Waals surface area contributed by atoms with Gasteiger partial charge in [0.15, 0.2) is 5.96 Å². The highest BCUT2D eigenvalue weighted by atomic mass is 79.9. The van der Waals surface area contributed by atoms with E-state index in [1.165, 1.54) is 11.3 Å². The van der Waals surface area contributed by atoms with Crippen molar-refractivity contribution >= 4 is 44.5 Å². The molecule has 2 heterocycles. The van der Waals surface area contributed by atoms with Crippen molar-refractivity contribution in [2.45, 2.75) is 46.2 Å². The number of guanidine groups is 1. The molecule has 0 radical (unpaired) electrons. The lowest BCUT2D eigenvalue weighted by atomic mass is 10.0. The molecule has 0 saturated carbocycles. The Bertz CT molecular complexity index is 1660. The highest BCUT2D eigenvalue weighted by Crippen LogP contribution is 2.32. The van der Waals surface area contributed by atoms with Crippen LogP contribution >= 0.6 is 15.9 Å². The van der Waals surface area contributed by atoms with Crippen LogP contribution < -0.4 is 16.0 Å². The molecule has 4 N–H and O–H groups in total. The Morgan fingerprint density at radius 2 is 1.98 bits per heavy atom. The molecule has 230 valence electrons. The van der Waals surface area contributed by atoms with Gasteiger partial charge in [0.2, 0.25) is 0 Å². The van der Waals surface area contributed by atoms with Gasteiger partial charge in [0, 0.05) is 60.1 Å². The van der Waals surface area contributed by atoms with E-state index in [2.05, 4.69) is 87.0 Å². The Morgan fingerprint density at radius 3 is 2.70 bits per heavy atom. The molecule has 1 aromatic heterocycles. The molecule has 1 fully saturated rings. The Kier molecular flexibility index (Phi) is 10.0. The molecule has 1 saturated heterocycles. The summed E-state index contributed by atoms with van der Waals surface area (Å²) in [5.74, 6) is 1.18. The molecule has 0 spiro atoms. The molecule has 1 aliphatic rings. The van der Waals surface area contributed by atoms with Gasteiger partial charge in [-0.15, -0.1) is 0 Å². The van der Waals surface area contributed by atoms with E-state index in [9.17, 15) is 4.79 Å². The molecule has 1 aliphatic heterocycles. The fourth-order valence-electron chi connectivity index (χ4n) is 6.15. The molecular weight excluding hydrogens is 614 g/mol. The number of aryl methyl sites for hydroxylation is 1. The fourth-order valence-corrected chi connectivity index (χ4v) is 6.62. The first kappa shape index (κ1) is 31.3. The summed E-state index contributed by atoms with van der Waals surface area (Å²) in [6.07, 6.45) is 6.15. The Labute approximate surface area is 268 Å². The highest BCUT2D eigenvalue weighted by Gasteiger charge is 2.28. The van der Waals surface area contributed by atoms with Gasteiger partial charge >= 0.3 is 0 Å². The molecule has 44 heavy (non-hydrogen) atoms. The third-order valence-corrected chi connectivity index (χ3v) is 9.00. The first-order valence-electron chi connectivity index (χ1n) is 15.3. The normalized spacial score (nSPS) is 16.0. The number of hydrogen-bond donors (Lipinski definition) is 3. The number of anilines is 1. The van der Waals surface area contributed by atoms with E-state index in [0.717, 1.165) is 52.8 Å². The highest BCUT2D eigenvalue weighted by molar-refractivity contribution is 9.10. The first-order chi connectivity index (χ1) is 21.2. The van der Waals surface area contributed by atoms with Crippen molar-refractivity contribution < 1.29 is 4.79 Å². The van der Waals surface area contributed by atoms with Gasteiger partial charge in [-0.1, -0.05) is 58.4 Å². The first-order valence-corrected chi connectivity index (χ1v) is 16.1. The lowest BCUT2D eigenvalue weighted by Gasteiger charge is -2.41. The number of halogens is 1. The second-order valence-corrected chi connectivity index (χ2v) is 12.5. The molecule has 2 unspecified atom stereocenters. The average Bonchev–Trinajstić information content (AvgIpc) is 3.36. The summed E-state index contributed by atoms with van der Waals surface area (Å²) >= 11 is 3.73. The Morgan fingerprint density at radius 1 is 1.16 bits per heavy atom. The van der Waals surface area contributed by atoms with Crippen molar-refractivity contribution in [2.75, 3.05) is 31.1 Å². The minimum atomic E-state index is -0.00244. The number of hydrogen-bond acceptors (Lipinski definition) is 4. The number of amides is 1. The fraction of sp³-hybridized carbons (Fsp3) is 0.343. The monoisotopic (exact) mass is 655 g/mol. The Balaban J connectivity index is 1.41. The quantitative estimate of drug-likeness (QED) is 0.0775. The number of aromatic nitrogens is 2. The van der Waals surface area contributed by atoms with Crippen molar-refractivity contribution in [3.63, 3.8) is 0 Å². The SMILES string of the molecule is C/C=C\C(CCCNC(=N)N)Cn1c(-c2ccccc2Br)nc2cc(C(=O)N3CCN(c4cccc(C)c4)C(C)C3)ccc21. The predicted molar refractivity (Wildman–Crippen MR) is 184 cm³/mol. The van der Waals surface area contributed by atoms with E-state index in [4.69, 9.17) is 16.1 Å². The molecule has 2 atom stereocenters. The molecule has 9 heteroatoms. The van der Waals surface area contributed by atoms with E-state index in [1.807, 2.05) is 48.2 Å². The van der Waals surface area contributed by atoms with Crippen LogP contribution in [0.2, 0.25) is 0 Å². The molecule has 8 nitrogen and oxygen atoms in total. The van der Waals surface area contributed by atoms with Gasteiger partial charge in [-0.25, -0.2) is 4.98 Å². The number of imidazole rings is 1. The molecule has 5 rings (SSSR count). The van der Waals surface area contributed by atoms with Gasteiger partial charge in [0.25, 0.3) is 5.91 Å². The molecular formula is C35H42BrN7O. The summed E-state index contributed by atoms with van der Waals surface area (Å²) in [6.45, 7) is 9.89. The lowest BCUT2D eigenvalue weighted by Crippen LogP contribution is -2.53. The zero-order valence-electron chi connectivity index (χ0n) is 25.8. The maximum Gasteiger partial charge on any atom is 0.254 e. The average molecular weight is 657 g/mol. The second-order valence-electron chi connectivity index (χ2n) is 11.6. The molecule has 0 aliphatic carbocycles. The third kappa shape index (κ3) is 7.16. The van der Waals surface area contributed by atoms with Crippen LogP contribution in [0.5, 0.6) is 0 Å². The topological polar surface area (TPSA) is 103 Å². The van der Waals surface area contributed by atoms with E-state index in [-0.39, 0.29) is 23.8 Å². The van der Waals surface area contributed by atoms with Crippen molar-refractivity contribution in [1.82, 2.24) is 19.8 Å². The predicted octanol–water partition coefficient (Wildman–Crippen LogP) is 6.58. The maximum absolute atomic E-state index is 13.8. The van der Waals surface area contributed by atoms with E-state index in [0.29, 0.717) is 25.2 Å². The molecule has 1 amide bonds. The summed E-state index contributed by atoms with van der Waals surface area (Å²) in [7, 11) is 0. The summed E-state index contributed by atoms with van der Waals surface area (Å²) in [5.41, 5.74) is 11.4. The van der Waals surface area contributed by atoms with Crippen LogP contribution in [-0.4, -0.2) is 58.5 Å². The number of fused-ring (bicyclic) bond motifs is 1. The molecule has 3 aromatic carbocycles.